The highest BCUT2D eigenvalue weighted by Gasteiger charge is 2.55. The number of esters is 1. The number of allylic oxidation sites excluding steroid dienone is 1. The Balaban J connectivity index is 1.76. The second kappa shape index (κ2) is 6.67. The van der Waals surface area contributed by atoms with Gasteiger partial charge in [0.05, 0.1) is 16.9 Å². The van der Waals surface area contributed by atoms with Gasteiger partial charge in [-0.05, 0) is 38.5 Å². The molecule has 1 heterocycles. The van der Waals surface area contributed by atoms with Crippen LogP contribution in [0.15, 0.2) is 58.0 Å². The zero-order valence-corrected chi connectivity index (χ0v) is 16.7. The smallest absolute Gasteiger partial charge is 0.309 e. The Kier molecular flexibility index (Phi) is 4.55. The van der Waals surface area contributed by atoms with Gasteiger partial charge in [-0.1, -0.05) is 36.3 Å². The predicted molar refractivity (Wildman–Crippen MR) is 101 cm³/mol. The van der Waals surface area contributed by atoms with Crippen LogP contribution in [0.1, 0.15) is 27.2 Å². The number of ketones is 1. The molecule has 5 atom stereocenters. The van der Waals surface area contributed by atoms with Gasteiger partial charge in [-0.2, -0.15) is 8.42 Å². The third-order valence-corrected chi connectivity index (χ3v) is 7.36. The van der Waals surface area contributed by atoms with Crippen molar-refractivity contribution >= 4 is 21.9 Å². The predicted octanol–water partition coefficient (Wildman–Crippen LogP) is 2.80. The molecule has 0 N–H and O–H groups in total. The Morgan fingerprint density at radius 1 is 1.11 bits per heavy atom. The SMILES string of the molecule is CC1=CC(=O)C2=C(C)C[C@H](OS(=O)(=O)c3ccccc3)[C@@H]3[C@H](OC(=O)[C@H]3C)[C@@H]12. The Labute approximate surface area is 164 Å². The van der Waals surface area contributed by atoms with Crippen LogP contribution in [0.5, 0.6) is 0 Å². The summed E-state index contributed by atoms with van der Waals surface area (Å²) in [6, 6.07) is 7.92. The van der Waals surface area contributed by atoms with Gasteiger partial charge in [0.15, 0.2) is 5.78 Å². The largest absolute Gasteiger partial charge is 0.461 e. The van der Waals surface area contributed by atoms with Crippen LogP contribution in [0, 0.1) is 17.8 Å². The molecule has 1 saturated heterocycles. The van der Waals surface area contributed by atoms with Crippen LogP contribution in [-0.4, -0.2) is 32.4 Å². The number of benzene rings is 1. The lowest BCUT2D eigenvalue weighted by Gasteiger charge is -2.29. The molecule has 2 aliphatic carbocycles. The van der Waals surface area contributed by atoms with E-state index in [1.54, 1.807) is 31.2 Å². The number of ether oxygens (including phenoxy) is 1. The molecular weight excluding hydrogens is 380 g/mol. The van der Waals surface area contributed by atoms with Gasteiger partial charge in [-0.15, -0.1) is 0 Å². The van der Waals surface area contributed by atoms with Crippen molar-refractivity contribution in [1.82, 2.24) is 0 Å². The van der Waals surface area contributed by atoms with Crippen molar-refractivity contribution in [3.63, 3.8) is 0 Å². The molecule has 0 amide bonds. The lowest BCUT2D eigenvalue weighted by Crippen LogP contribution is -2.38. The molecule has 6 nitrogen and oxygen atoms in total. The third kappa shape index (κ3) is 2.93. The highest BCUT2D eigenvalue weighted by Crippen LogP contribution is 2.49. The van der Waals surface area contributed by atoms with E-state index in [1.807, 2.05) is 13.8 Å². The van der Waals surface area contributed by atoms with Crippen LogP contribution < -0.4 is 0 Å². The average Bonchev–Trinajstić information content (AvgIpc) is 3.05. The maximum absolute atomic E-state index is 12.8. The fourth-order valence-corrected chi connectivity index (χ4v) is 5.81. The molecule has 0 radical (unpaired) electrons. The van der Waals surface area contributed by atoms with Crippen molar-refractivity contribution in [3.05, 3.63) is 53.1 Å². The minimum Gasteiger partial charge on any atom is -0.461 e. The van der Waals surface area contributed by atoms with E-state index in [0.29, 0.717) is 5.57 Å². The molecule has 28 heavy (non-hydrogen) atoms. The van der Waals surface area contributed by atoms with Gasteiger partial charge in [0.2, 0.25) is 0 Å². The van der Waals surface area contributed by atoms with Gasteiger partial charge in [0.25, 0.3) is 10.1 Å². The van der Waals surface area contributed by atoms with Crippen molar-refractivity contribution in [2.24, 2.45) is 17.8 Å². The zero-order chi connectivity index (χ0) is 20.2. The summed E-state index contributed by atoms with van der Waals surface area (Å²) in [5.74, 6) is -1.79. The van der Waals surface area contributed by atoms with Crippen molar-refractivity contribution in [2.45, 2.75) is 44.3 Å². The van der Waals surface area contributed by atoms with Crippen molar-refractivity contribution in [1.29, 1.82) is 0 Å². The molecule has 0 saturated carbocycles. The second-order valence-corrected chi connectivity index (χ2v) is 9.37. The second-order valence-electron chi connectivity index (χ2n) is 7.80. The molecule has 0 spiro atoms. The molecule has 7 heteroatoms. The maximum atomic E-state index is 12.8. The Morgan fingerprint density at radius 3 is 2.46 bits per heavy atom. The van der Waals surface area contributed by atoms with Gasteiger partial charge in [0, 0.05) is 17.4 Å². The Hall–Kier alpha value is -2.25. The lowest BCUT2D eigenvalue weighted by atomic mass is 9.80. The first-order chi connectivity index (χ1) is 13.2. The van der Waals surface area contributed by atoms with Crippen LogP contribution >= 0.6 is 0 Å². The minimum absolute atomic E-state index is 0.0614. The van der Waals surface area contributed by atoms with Crippen LogP contribution in [-0.2, 0) is 28.6 Å². The fourth-order valence-electron chi connectivity index (χ4n) is 4.69. The highest BCUT2D eigenvalue weighted by molar-refractivity contribution is 7.86. The number of hydrogen-bond donors (Lipinski definition) is 0. The van der Waals surface area contributed by atoms with Crippen molar-refractivity contribution in [3.8, 4) is 0 Å². The van der Waals surface area contributed by atoms with Crippen LogP contribution in [0.4, 0.5) is 0 Å². The molecule has 0 aromatic heterocycles. The Bertz CT molecular complexity index is 1000. The molecule has 1 fully saturated rings. The number of carbonyl (C=O) groups excluding carboxylic acids is 2. The summed E-state index contributed by atoms with van der Waals surface area (Å²) in [5.41, 5.74) is 2.23. The number of fused-ring (bicyclic) bond motifs is 3. The average molecular weight is 402 g/mol. The first-order valence-electron chi connectivity index (χ1n) is 9.31. The molecule has 0 unspecified atom stereocenters. The first-order valence-corrected chi connectivity index (χ1v) is 10.7. The number of carbonyl (C=O) groups is 2. The van der Waals surface area contributed by atoms with Crippen LogP contribution in [0.3, 0.4) is 0 Å². The maximum Gasteiger partial charge on any atom is 0.309 e. The summed E-state index contributed by atoms with van der Waals surface area (Å²) in [6.07, 6.45) is 0.454. The summed E-state index contributed by atoms with van der Waals surface area (Å²) >= 11 is 0. The van der Waals surface area contributed by atoms with Crippen molar-refractivity contribution < 1.29 is 26.9 Å². The van der Waals surface area contributed by atoms with Gasteiger partial charge >= 0.3 is 5.97 Å². The number of rotatable bonds is 3. The van der Waals surface area contributed by atoms with Gasteiger partial charge in [-0.3, -0.25) is 13.8 Å². The van der Waals surface area contributed by atoms with E-state index in [4.69, 9.17) is 8.92 Å². The van der Waals surface area contributed by atoms with E-state index >= 15 is 0 Å². The van der Waals surface area contributed by atoms with E-state index in [0.717, 1.165) is 11.1 Å². The van der Waals surface area contributed by atoms with Gasteiger partial charge in [0.1, 0.15) is 6.10 Å². The molecule has 0 bridgehead atoms. The molecule has 1 aromatic carbocycles. The van der Waals surface area contributed by atoms with Crippen LogP contribution in [0.2, 0.25) is 0 Å². The van der Waals surface area contributed by atoms with E-state index < -0.39 is 34.2 Å². The fraction of sp³-hybridized carbons (Fsp3) is 0.429. The van der Waals surface area contributed by atoms with E-state index in [9.17, 15) is 18.0 Å². The van der Waals surface area contributed by atoms with Crippen molar-refractivity contribution in [2.75, 3.05) is 0 Å². The summed E-state index contributed by atoms with van der Waals surface area (Å²) < 4.78 is 37.0. The van der Waals surface area contributed by atoms with Crippen LogP contribution in [0.25, 0.3) is 0 Å². The zero-order valence-electron chi connectivity index (χ0n) is 15.9. The minimum atomic E-state index is -4.02. The van der Waals surface area contributed by atoms with E-state index in [-0.39, 0.29) is 29.0 Å². The lowest BCUT2D eigenvalue weighted by molar-refractivity contribution is -0.144. The van der Waals surface area contributed by atoms with E-state index in [2.05, 4.69) is 0 Å². The Morgan fingerprint density at radius 2 is 1.79 bits per heavy atom. The molecule has 1 aliphatic heterocycles. The van der Waals surface area contributed by atoms with E-state index in [1.165, 1.54) is 12.1 Å². The molecule has 1 aromatic rings. The first kappa shape index (κ1) is 19.1. The molecular formula is C21H22O6S. The summed E-state index contributed by atoms with van der Waals surface area (Å²) in [5, 5.41) is 0. The molecule has 148 valence electrons. The normalized spacial score (nSPS) is 32.5. The molecule has 4 rings (SSSR count). The summed E-state index contributed by atoms with van der Waals surface area (Å²) in [4.78, 5) is 24.9. The highest BCUT2D eigenvalue weighted by atomic mass is 32.2. The monoisotopic (exact) mass is 402 g/mol. The standard InChI is InChI=1S/C21H22O6S/c1-11-9-15(22)17-12(2)10-16(19-13(3)21(23)26-20(19)18(11)17)27-28(24,25)14-7-5-4-6-8-14/h4-9,13,16,18-20H,10H2,1-3H3/t13-,16-,18-,19+,20+/m0/s1. The number of hydrogen-bond acceptors (Lipinski definition) is 6. The van der Waals surface area contributed by atoms with Gasteiger partial charge < -0.3 is 4.74 Å². The quantitative estimate of drug-likeness (QED) is 0.571. The topological polar surface area (TPSA) is 86.7 Å². The molecule has 3 aliphatic rings. The third-order valence-electron chi connectivity index (χ3n) is 6.01. The van der Waals surface area contributed by atoms with Gasteiger partial charge in [-0.25, -0.2) is 0 Å². The summed E-state index contributed by atoms with van der Waals surface area (Å²) in [7, 11) is -4.02. The summed E-state index contributed by atoms with van der Waals surface area (Å²) in [6.45, 7) is 5.40.